The molecule has 134 valence electrons. The van der Waals surface area contributed by atoms with Crippen LogP contribution >= 0.6 is 0 Å². The van der Waals surface area contributed by atoms with Crippen molar-refractivity contribution >= 4 is 6.03 Å². The van der Waals surface area contributed by atoms with Crippen molar-refractivity contribution in [3.8, 4) is 0 Å². The Kier molecular flexibility index (Phi) is 7.46. The van der Waals surface area contributed by atoms with Gasteiger partial charge in [0.2, 0.25) is 0 Å². The van der Waals surface area contributed by atoms with E-state index in [4.69, 9.17) is 4.74 Å². The number of methoxy groups -OCH3 is 1. The van der Waals surface area contributed by atoms with Crippen molar-refractivity contribution < 1.29 is 19.0 Å². The lowest BCUT2D eigenvalue weighted by Gasteiger charge is -2.30. The predicted molar refractivity (Wildman–Crippen MR) is 90.4 cm³/mol. The standard InChI is InChI=1S/C18H27FN2O3/c1-24-11-10-17(12-22)21-18(23)20-16-8-4-14(5-9-16)13-2-6-15(19)7-3-13/h2-3,6-7,14,16-17,22H,4-5,8-12H2,1H3,(H2,20,21,23)/t14?,16?,17-/m1/s1. The van der Waals surface area contributed by atoms with Crippen LogP contribution in [0.2, 0.25) is 0 Å². The van der Waals surface area contributed by atoms with E-state index in [2.05, 4.69) is 10.6 Å². The Hall–Kier alpha value is -1.66. The molecule has 0 spiro atoms. The number of amides is 2. The third-order valence-corrected chi connectivity index (χ3v) is 4.63. The second-order valence-corrected chi connectivity index (χ2v) is 6.38. The van der Waals surface area contributed by atoms with Crippen molar-refractivity contribution in [1.29, 1.82) is 0 Å². The summed E-state index contributed by atoms with van der Waals surface area (Å²) >= 11 is 0. The van der Waals surface area contributed by atoms with Crippen LogP contribution in [0.5, 0.6) is 0 Å². The highest BCUT2D eigenvalue weighted by molar-refractivity contribution is 5.74. The normalized spacial score (nSPS) is 22.0. The summed E-state index contributed by atoms with van der Waals surface area (Å²) in [4.78, 5) is 12.0. The summed E-state index contributed by atoms with van der Waals surface area (Å²) in [6, 6.07) is 6.31. The summed E-state index contributed by atoms with van der Waals surface area (Å²) in [5.74, 6) is 0.219. The van der Waals surface area contributed by atoms with E-state index in [9.17, 15) is 14.3 Å². The molecule has 0 aliphatic heterocycles. The maximum Gasteiger partial charge on any atom is 0.315 e. The fraction of sp³-hybridized carbons (Fsp3) is 0.611. The molecule has 6 heteroatoms. The Bertz CT molecular complexity index is 501. The molecule has 1 aromatic carbocycles. The molecule has 3 N–H and O–H groups in total. The molecule has 5 nitrogen and oxygen atoms in total. The zero-order valence-corrected chi connectivity index (χ0v) is 14.1. The molecule has 1 aliphatic carbocycles. The third kappa shape index (κ3) is 5.76. The molecule has 2 amide bonds. The highest BCUT2D eigenvalue weighted by atomic mass is 19.1. The summed E-state index contributed by atoms with van der Waals surface area (Å²) in [6.45, 7) is 0.391. The Balaban J connectivity index is 1.74. The summed E-state index contributed by atoms with van der Waals surface area (Å²) in [5, 5.41) is 15.0. The predicted octanol–water partition coefficient (Wildman–Crippen LogP) is 2.55. The Morgan fingerprint density at radius 2 is 1.96 bits per heavy atom. The van der Waals surface area contributed by atoms with Gasteiger partial charge in [0.05, 0.1) is 12.6 Å². The van der Waals surface area contributed by atoms with Crippen molar-refractivity contribution in [1.82, 2.24) is 10.6 Å². The number of benzene rings is 1. The SMILES string of the molecule is COCC[C@H](CO)NC(=O)NC1CCC(c2ccc(F)cc2)CC1. The van der Waals surface area contributed by atoms with E-state index >= 15 is 0 Å². The lowest BCUT2D eigenvalue weighted by molar-refractivity contribution is 0.158. The van der Waals surface area contributed by atoms with E-state index < -0.39 is 0 Å². The molecule has 1 fully saturated rings. The number of nitrogens with one attached hydrogen (secondary N) is 2. The van der Waals surface area contributed by atoms with Crippen molar-refractivity contribution in [3.63, 3.8) is 0 Å². The molecule has 0 radical (unpaired) electrons. The molecule has 24 heavy (non-hydrogen) atoms. The monoisotopic (exact) mass is 338 g/mol. The van der Waals surface area contributed by atoms with E-state index in [0.29, 0.717) is 18.9 Å². The van der Waals surface area contributed by atoms with Gasteiger partial charge in [-0.1, -0.05) is 12.1 Å². The van der Waals surface area contributed by atoms with Gasteiger partial charge in [-0.25, -0.2) is 9.18 Å². The summed E-state index contributed by atoms with van der Waals surface area (Å²) < 4.78 is 18.0. The van der Waals surface area contributed by atoms with Crippen LogP contribution in [0.4, 0.5) is 9.18 Å². The minimum atomic E-state index is -0.291. The van der Waals surface area contributed by atoms with Crippen LogP contribution in [0.3, 0.4) is 0 Å². The topological polar surface area (TPSA) is 70.6 Å². The molecule has 0 heterocycles. The molecule has 1 atom stereocenters. The third-order valence-electron chi connectivity index (χ3n) is 4.63. The van der Waals surface area contributed by atoms with Gasteiger partial charge in [-0.2, -0.15) is 0 Å². The fourth-order valence-electron chi connectivity index (χ4n) is 3.19. The molecule has 1 aromatic rings. The highest BCUT2D eigenvalue weighted by Gasteiger charge is 2.24. The maximum absolute atomic E-state index is 13.0. The molecule has 1 saturated carbocycles. The summed E-state index contributed by atoms with van der Waals surface area (Å²) in [5.41, 5.74) is 1.17. The number of halogens is 1. The van der Waals surface area contributed by atoms with Gasteiger partial charge >= 0.3 is 6.03 Å². The Morgan fingerprint density at radius 1 is 1.29 bits per heavy atom. The molecule has 0 saturated heterocycles. The van der Waals surface area contributed by atoms with E-state index in [1.54, 1.807) is 7.11 Å². The number of aliphatic hydroxyl groups excluding tert-OH is 1. The first-order chi connectivity index (χ1) is 11.6. The molecular weight excluding hydrogens is 311 g/mol. The molecule has 0 bridgehead atoms. The first-order valence-electron chi connectivity index (χ1n) is 8.54. The average molecular weight is 338 g/mol. The van der Waals surface area contributed by atoms with E-state index in [1.807, 2.05) is 12.1 Å². The summed E-state index contributed by atoms with van der Waals surface area (Å²) in [6.07, 6.45) is 4.33. The van der Waals surface area contributed by atoms with Crippen molar-refractivity contribution in [3.05, 3.63) is 35.6 Å². The van der Waals surface area contributed by atoms with Gasteiger partial charge in [0, 0.05) is 19.8 Å². The number of carbonyl (C=O) groups excluding carboxylic acids is 1. The van der Waals surface area contributed by atoms with E-state index in [0.717, 1.165) is 25.7 Å². The lowest BCUT2D eigenvalue weighted by atomic mass is 9.82. The van der Waals surface area contributed by atoms with Gasteiger partial charge in [-0.3, -0.25) is 0 Å². The molecule has 0 unspecified atom stereocenters. The Morgan fingerprint density at radius 3 is 2.54 bits per heavy atom. The van der Waals surface area contributed by atoms with Crippen LogP contribution in [0, 0.1) is 5.82 Å². The largest absolute Gasteiger partial charge is 0.394 e. The fourth-order valence-corrected chi connectivity index (χ4v) is 3.19. The summed E-state index contributed by atoms with van der Waals surface area (Å²) in [7, 11) is 1.59. The van der Waals surface area contributed by atoms with Crippen LogP contribution in [-0.4, -0.2) is 43.5 Å². The molecule has 1 aliphatic rings. The van der Waals surface area contributed by atoms with Gasteiger partial charge in [0.15, 0.2) is 0 Å². The zero-order valence-electron chi connectivity index (χ0n) is 14.1. The van der Waals surface area contributed by atoms with Gasteiger partial charge in [-0.05, 0) is 55.7 Å². The van der Waals surface area contributed by atoms with Crippen LogP contribution in [0.1, 0.15) is 43.6 Å². The lowest BCUT2D eigenvalue weighted by Crippen LogP contribution is -2.48. The minimum absolute atomic E-state index is 0.103. The smallest absolute Gasteiger partial charge is 0.315 e. The number of urea groups is 1. The zero-order chi connectivity index (χ0) is 17.4. The van der Waals surface area contributed by atoms with Gasteiger partial charge in [0.25, 0.3) is 0 Å². The number of aliphatic hydroxyl groups is 1. The number of hydrogen-bond acceptors (Lipinski definition) is 3. The van der Waals surface area contributed by atoms with Crippen LogP contribution < -0.4 is 10.6 Å². The van der Waals surface area contributed by atoms with Gasteiger partial charge < -0.3 is 20.5 Å². The van der Waals surface area contributed by atoms with Gasteiger partial charge in [0.1, 0.15) is 5.82 Å². The number of rotatable bonds is 7. The maximum atomic E-state index is 13.0. The minimum Gasteiger partial charge on any atom is -0.394 e. The second-order valence-electron chi connectivity index (χ2n) is 6.38. The molecule has 2 rings (SSSR count). The van der Waals surface area contributed by atoms with Gasteiger partial charge in [-0.15, -0.1) is 0 Å². The van der Waals surface area contributed by atoms with Crippen molar-refractivity contribution in [2.75, 3.05) is 20.3 Å². The number of hydrogen-bond donors (Lipinski definition) is 3. The van der Waals surface area contributed by atoms with Crippen molar-refractivity contribution in [2.24, 2.45) is 0 Å². The highest BCUT2D eigenvalue weighted by Crippen LogP contribution is 2.32. The number of ether oxygens (including phenoxy) is 1. The second kappa shape index (κ2) is 9.59. The Labute approximate surface area is 142 Å². The molecule has 0 aromatic heterocycles. The van der Waals surface area contributed by atoms with Crippen molar-refractivity contribution in [2.45, 2.75) is 50.1 Å². The first kappa shape index (κ1) is 18.7. The van der Waals surface area contributed by atoms with E-state index in [1.165, 1.54) is 17.7 Å². The average Bonchev–Trinajstić information content (AvgIpc) is 2.60. The van der Waals surface area contributed by atoms with Crippen LogP contribution in [-0.2, 0) is 4.74 Å². The first-order valence-corrected chi connectivity index (χ1v) is 8.54. The van der Waals surface area contributed by atoms with E-state index in [-0.39, 0.29) is 30.5 Å². The van der Waals surface area contributed by atoms with Crippen LogP contribution in [0.25, 0.3) is 0 Å². The number of carbonyl (C=O) groups is 1. The molecular formula is C18H27FN2O3. The van der Waals surface area contributed by atoms with Crippen LogP contribution in [0.15, 0.2) is 24.3 Å². The quantitative estimate of drug-likeness (QED) is 0.715.